The molecule has 1 fully saturated rings. The molecule has 0 N–H and O–H groups in total. The van der Waals surface area contributed by atoms with E-state index in [4.69, 9.17) is 0 Å². The molecule has 1 aliphatic rings. The fourth-order valence-electron chi connectivity index (χ4n) is 5.94. The standard InChI is InChI=1S/C18H35.C18H37/c1-3-4-5-6-7-8-9-10-11-12-15-18-16-13-14-17(18)2;1-3-5-7-9-11-13-15-17-18-16-14-12-10-8-6-4-2/h17-18H,2-16H2,1H3;1,3-18H2,2H3. The van der Waals surface area contributed by atoms with Crippen LogP contribution in [0.3, 0.4) is 0 Å². The van der Waals surface area contributed by atoms with E-state index >= 15 is 0 Å². The topological polar surface area (TPSA) is 0 Å². The van der Waals surface area contributed by atoms with Crippen LogP contribution in [0.5, 0.6) is 0 Å². The van der Waals surface area contributed by atoms with E-state index in [2.05, 4.69) is 27.7 Å². The summed E-state index contributed by atoms with van der Waals surface area (Å²) < 4.78 is 0. The van der Waals surface area contributed by atoms with E-state index in [0.717, 1.165) is 18.3 Å². The molecule has 36 heavy (non-hydrogen) atoms. The maximum atomic E-state index is 4.28. The molecule has 0 spiro atoms. The van der Waals surface area contributed by atoms with Crippen LogP contribution in [0, 0.1) is 25.7 Å². The fraction of sp³-hybridized carbons (Fsp3) is 0.944. The van der Waals surface area contributed by atoms with Gasteiger partial charge in [-0.05, 0) is 18.8 Å². The van der Waals surface area contributed by atoms with Crippen LogP contribution in [0.15, 0.2) is 0 Å². The zero-order chi connectivity index (χ0) is 26.4. The third-order valence-corrected chi connectivity index (χ3v) is 8.60. The molecule has 0 saturated heterocycles. The van der Waals surface area contributed by atoms with Crippen molar-refractivity contribution in [2.45, 2.75) is 206 Å². The van der Waals surface area contributed by atoms with Crippen LogP contribution in [0.1, 0.15) is 206 Å². The molecule has 0 amide bonds. The van der Waals surface area contributed by atoms with Gasteiger partial charge in [-0.25, -0.2) is 0 Å². The van der Waals surface area contributed by atoms with E-state index in [1.165, 1.54) is 186 Å². The molecule has 1 saturated carbocycles. The maximum absolute atomic E-state index is 4.28. The third kappa shape index (κ3) is 27.0. The minimum Gasteiger partial charge on any atom is -0.0654 e. The van der Waals surface area contributed by atoms with Crippen molar-refractivity contribution in [2.24, 2.45) is 11.8 Å². The molecule has 0 aliphatic heterocycles. The number of unbranched alkanes of at least 4 members (excludes halogenated alkanes) is 24. The fourth-order valence-corrected chi connectivity index (χ4v) is 5.94. The summed E-state index contributed by atoms with van der Waals surface area (Å²) in [6.45, 7) is 12.8. The zero-order valence-corrected chi connectivity index (χ0v) is 25.8. The molecule has 2 radical (unpaired) electrons. The van der Waals surface area contributed by atoms with Gasteiger partial charge in [0.1, 0.15) is 0 Å². The molecule has 1 aliphatic carbocycles. The number of hydrogen-bond donors (Lipinski definition) is 0. The monoisotopic (exact) mass is 505 g/mol. The van der Waals surface area contributed by atoms with E-state index in [9.17, 15) is 0 Å². The van der Waals surface area contributed by atoms with Gasteiger partial charge >= 0.3 is 0 Å². The first-order valence-electron chi connectivity index (χ1n) is 17.4. The zero-order valence-electron chi connectivity index (χ0n) is 25.8. The van der Waals surface area contributed by atoms with Crippen LogP contribution in [-0.2, 0) is 0 Å². The Bertz CT molecular complexity index is 356. The van der Waals surface area contributed by atoms with Crippen molar-refractivity contribution in [2.75, 3.05) is 0 Å². The summed E-state index contributed by atoms with van der Waals surface area (Å²) in [6, 6.07) is 0. The van der Waals surface area contributed by atoms with Crippen molar-refractivity contribution in [3.63, 3.8) is 0 Å². The highest BCUT2D eigenvalue weighted by atomic mass is 14.3. The van der Waals surface area contributed by atoms with Crippen molar-refractivity contribution in [1.29, 1.82) is 0 Å². The lowest BCUT2D eigenvalue weighted by atomic mass is 9.92. The van der Waals surface area contributed by atoms with Crippen molar-refractivity contribution < 1.29 is 0 Å². The first-order valence-corrected chi connectivity index (χ1v) is 17.4. The number of rotatable bonds is 26. The molecule has 1 rings (SSSR count). The summed E-state index contributed by atoms with van der Waals surface area (Å²) >= 11 is 0. The molecule has 216 valence electrons. The molecular formula is C36H72. The first kappa shape index (κ1) is 36.0. The predicted molar refractivity (Wildman–Crippen MR) is 168 cm³/mol. The van der Waals surface area contributed by atoms with Crippen molar-refractivity contribution >= 4 is 0 Å². The molecule has 0 aromatic carbocycles. The normalized spacial score (nSPS) is 17.3. The quantitative estimate of drug-likeness (QED) is 0.103. The third-order valence-electron chi connectivity index (χ3n) is 8.60. The van der Waals surface area contributed by atoms with Crippen LogP contribution in [-0.4, -0.2) is 0 Å². The molecule has 2 atom stereocenters. The van der Waals surface area contributed by atoms with Crippen LogP contribution in [0.4, 0.5) is 0 Å². The van der Waals surface area contributed by atoms with Crippen molar-refractivity contribution in [3.8, 4) is 0 Å². The van der Waals surface area contributed by atoms with Gasteiger partial charge in [-0.15, -0.1) is 0 Å². The largest absolute Gasteiger partial charge is 0.0654 e. The van der Waals surface area contributed by atoms with Crippen LogP contribution in [0.25, 0.3) is 0 Å². The minimum absolute atomic E-state index is 0.781. The Balaban J connectivity index is 0.000000681. The molecule has 0 heterocycles. The highest BCUT2D eigenvalue weighted by molar-refractivity contribution is 4.78. The van der Waals surface area contributed by atoms with Crippen molar-refractivity contribution in [3.05, 3.63) is 13.8 Å². The van der Waals surface area contributed by atoms with Gasteiger partial charge in [0.2, 0.25) is 0 Å². The number of hydrogen-bond acceptors (Lipinski definition) is 0. The van der Waals surface area contributed by atoms with Crippen LogP contribution < -0.4 is 0 Å². The lowest BCUT2D eigenvalue weighted by molar-refractivity contribution is 0.400. The lowest BCUT2D eigenvalue weighted by Gasteiger charge is -2.14. The molecule has 0 bridgehead atoms. The van der Waals surface area contributed by atoms with E-state index < -0.39 is 0 Å². The Kier molecular flexibility index (Phi) is 31.2. The summed E-state index contributed by atoms with van der Waals surface area (Å²) in [5.41, 5.74) is 0. The van der Waals surface area contributed by atoms with E-state index in [-0.39, 0.29) is 0 Å². The second-order valence-electron chi connectivity index (χ2n) is 12.2. The molecule has 0 heteroatoms. The summed E-state index contributed by atoms with van der Waals surface area (Å²) in [6.07, 6.45) is 43.2. The average Bonchev–Trinajstić information content (AvgIpc) is 3.30. The van der Waals surface area contributed by atoms with Gasteiger partial charge in [0.05, 0.1) is 0 Å². The molecule has 0 aromatic heterocycles. The lowest BCUT2D eigenvalue weighted by Crippen LogP contribution is -2.03. The molecular weight excluding hydrogens is 432 g/mol. The van der Waals surface area contributed by atoms with Gasteiger partial charge in [-0.1, -0.05) is 213 Å². The smallest absolute Gasteiger partial charge is 0.0386 e. The maximum Gasteiger partial charge on any atom is -0.0386 e. The van der Waals surface area contributed by atoms with Gasteiger partial charge < -0.3 is 0 Å². The molecule has 0 nitrogen and oxygen atoms in total. The summed E-state index contributed by atoms with van der Waals surface area (Å²) in [5, 5.41) is 0. The van der Waals surface area contributed by atoms with Crippen LogP contribution >= 0.6 is 0 Å². The Hall–Kier alpha value is 0. The van der Waals surface area contributed by atoms with Crippen LogP contribution in [0.2, 0.25) is 0 Å². The van der Waals surface area contributed by atoms with Gasteiger partial charge in [0.15, 0.2) is 0 Å². The minimum atomic E-state index is 0.781. The molecule has 0 aromatic rings. The van der Waals surface area contributed by atoms with E-state index in [1.807, 2.05) is 0 Å². The highest BCUT2D eigenvalue weighted by Crippen LogP contribution is 2.34. The summed E-state index contributed by atoms with van der Waals surface area (Å²) in [7, 11) is 0. The second kappa shape index (κ2) is 31.2. The van der Waals surface area contributed by atoms with E-state index in [0.29, 0.717) is 0 Å². The SMILES string of the molecule is [CH2]C1CCCC1CCCCCCCCCCCC.[CH2]CCCCCCCCCCCCCCCCC. The van der Waals surface area contributed by atoms with Gasteiger partial charge in [-0.3, -0.25) is 0 Å². The Morgan fingerprint density at radius 2 is 0.778 bits per heavy atom. The Morgan fingerprint density at radius 1 is 0.444 bits per heavy atom. The first-order chi connectivity index (χ1) is 17.8. The Morgan fingerprint density at radius 3 is 1.08 bits per heavy atom. The van der Waals surface area contributed by atoms with Gasteiger partial charge in [0, 0.05) is 0 Å². The van der Waals surface area contributed by atoms with Gasteiger partial charge in [-0.2, -0.15) is 0 Å². The predicted octanol–water partition coefficient (Wildman–Crippen LogP) is 13.6. The highest BCUT2D eigenvalue weighted by Gasteiger charge is 2.22. The summed E-state index contributed by atoms with van der Waals surface area (Å²) in [5.74, 6) is 1.75. The molecule has 2 unspecified atom stereocenters. The van der Waals surface area contributed by atoms with Gasteiger partial charge in [0.25, 0.3) is 0 Å². The second-order valence-corrected chi connectivity index (χ2v) is 12.2. The summed E-state index contributed by atoms with van der Waals surface area (Å²) in [4.78, 5) is 0. The van der Waals surface area contributed by atoms with E-state index in [1.54, 1.807) is 0 Å². The Labute approximate surface area is 232 Å². The van der Waals surface area contributed by atoms with Crippen molar-refractivity contribution in [1.82, 2.24) is 0 Å². The average molecular weight is 505 g/mol.